The van der Waals surface area contributed by atoms with Crippen LogP contribution in [-0.4, -0.2) is 29.1 Å². The number of hydrogen-bond donors (Lipinski definition) is 0. The zero-order valence-corrected chi connectivity index (χ0v) is 15.0. The van der Waals surface area contributed by atoms with E-state index < -0.39 is 0 Å². The van der Waals surface area contributed by atoms with Gasteiger partial charge in [-0.15, -0.1) is 11.8 Å². The third-order valence-corrected chi connectivity index (χ3v) is 5.93. The first-order chi connectivity index (χ1) is 11.8. The molecule has 0 fully saturated rings. The van der Waals surface area contributed by atoms with Gasteiger partial charge in [-0.2, -0.15) is 10.4 Å². The number of rotatable bonds is 4. The Morgan fingerprint density at radius 3 is 2.96 bits per heavy atom. The van der Waals surface area contributed by atoms with Gasteiger partial charge in [0.2, 0.25) is 0 Å². The smallest absolute Gasteiger partial charge is 0.146 e. The van der Waals surface area contributed by atoms with Crippen molar-refractivity contribution in [1.82, 2.24) is 9.78 Å². The van der Waals surface area contributed by atoms with Crippen molar-refractivity contribution in [2.45, 2.75) is 37.3 Å². The second kappa shape index (κ2) is 6.18. The number of aromatic nitrogens is 2. The fourth-order valence-corrected chi connectivity index (χ4v) is 4.72. The highest BCUT2D eigenvalue weighted by Gasteiger charge is 2.42. The second-order valence-corrected chi connectivity index (χ2v) is 7.47. The summed E-state index contributed by atoms with van der Waals surface area (Å²) in [5.74, 6) is 1.58. The summed E-state index contributed by atoms with van der Waals surface area (Å²) in [5, 5.41) is 15.4. The Kier molecular flexibility index (Phi) is 4.01. The van der Waals surface area contributed by atoms with Crippen LogP contribution in [0.5, 0.6) is 0 Å². The fraction of sp³-hybridized carbons (Fsp3) is 0.474. The molecule has 0 amide bonds. The highest BCUT2D eigenvalue weighted by atomic mass is 32.2. The Hall–Kier alpha value is -1.93. The van der Waals surface area contributed by atoms with Gasteiger partial charge in [0.25, 0.3) is 0 Å². The third kappa shape index (κ3) is 2.24. The van der Waals surface area contributed by atoms with Gasteiger partial charge in [0, 0.05) is 19.0 Å². The summed E-state index contributed by atoms with van der Waals surface area (Å²) < 4.78 is 2.15. The maximum Gasteiger partial charge on any atom is 0.146 e. The molecule has 1 aliphatic heterocycles. The molecule has 2 aliphatic rings. The minimum absolute atomic E-state index is 0.280. The molecule has 0 saturated carbocycles. The van der Waals surface area contributed by atoms with Crippen LogP contribution in [0.3, 0.4) is 0 Å². The number of fused-ring (bicyclic) bond motifs is 5. The van der Waals surface area contributed by atoms with Crippen LogP contribution in [0.25, 0.3) is 0 Å². The molecule has 2 heterocycles. The molecule has 1 aromatic heterocycles. The van der Waals surface area contributed by atoms with E-state index in [1.807, 2.05) is 6.26 Å². The number of unbranched alkanes of at least 4 members (excludes halogenated alkanes) is 1. The molecule has 0 N–H and O–H groups in total. The molecule has 0 spiro atoms. The quantitative estimate of drug-likeness (QED) is 0.794. The zero-order chi connectivity index (χ0) is 16.7. The van der Waals surface area contributed by atoms with E-state index in [4.69, 9.17) is 5.10 Å². The van der Waals surface area contributed by atoms with Crippen LogP contribution in [-0.2, 0) is 6.42 Å². The molecule has 2 aromatic rings. The van der Waals surface area contributed by atoms with Gasteiger partial charge in [-0.05, 0) is 30.2 Å². The van der Waals surface area contributed by atoms with E-state index in [-0.39, 0.29) is 6.04 Å². The summed E-state index contributed by atoms with van der Waals surface area (Å²) >= 11 is 1.57. The third-order valence-electron chi connectivity index (χ3n) is 5.26. The van der Waals surface area contributed by atoms with Crippen molar-refractivity contribution in [3.63, 3.8) is 0 Å². The van der Waals surface area contributed by atoms with Crippen molar-refractivity contribution in [1.29, 1.82) is 5.26 Å². The molecule has 5 heteroatoms. The highest BCUT2D eigenvalue weighted by molar-refractivity contribution is 7.98. The highest BCUT2D eigenvalue weighted by Crippen LogP contribution is 2.46. The van der Waals surface area contributed by atoms with Crippen LogP contribution in [0.4, 0.5) is 5.82 Å². The van der Waals surface area contributed by atoms with Gasteiger partial charge in [0.1, 0.15) is 22.5 Å². The molecule has 0 bridgehead atoms. The molecule has 24 heavy (non-hydrogen) atoms. The molecule has 2 unspecified atom stereocenters. The molecule has 1 aromatic carbocycles. The maximum atomic E-state index is 9.73. The van der Waals surface area contributed by atoms with Crippen LogP contribution < -0.4 is 4.90 Å². The lowest BCUT2D eigenvalue weighted by Crippen LogP contribution is -2.41. The molecular weight excluding hydrogens is 316 g/mol. The minimum atomic E-state index is 0.280. The van der Waals surface area contributed by atoms with Crippen molar-refractivity contribution in [2.75, 3.05) is 24.2 Å². The molecule has 2 atom stereocenters. The minimum Gasteiger partial charge on any atom is -0.355 e. The van der Waals surface area contributed by atoms with Crippen LogP contribution in [0.15, 0.2) is 29.3 Å². The number of benzene rings is 1. The number of anilines is 1. The summed E-state index contributed by atoms with van der Waals surface area (Å²) in [7, 11) is 0. The first-order valence-corrected chi connectivity index (χ1v) is 9.90. The van der Waals surface area contributed by atoms with Crippen LogP contribution in [0, 0.1) is 17.2 Å². The first kappa shape index (κ1) is 15.6. The SMILES string of the molecule is CCCCN1CC2Cc3ccccc3C2n2nc(SC)c(C#N)c21. The van der Waals surface area contributed by atoms with Gasteiger partial charge < -0.3 is 4.90 Å². The van der Waals surface area contributed by atoms with E-state index in [9.17, 15) is 5.26 Å². The topological polar surface area (TPSA) is 44.9 Å². The summed E-state index contributed by atoms with van der Waals surface area (Å²) in [5.41, 5.74) is 3.58. The molecule has 4 nitrogen and oxygen atoms in total. The Bertz CT molecular complexity index is 804. The lowest BCUT2D eigenvalue weighted by Gasteiger charge is -2.37. The monoisotopic (exact) mass is 338 g/mol. The first-order valence-electron chi connectivity index (χ1n) is 8.67. The van der Waals surface area contributed by atoms with E-state index in [0.29, 0.717) is 5.92 Å². The average Bonchev–Trinajstić information content (AvgIpc) is 3.16. The van der Waals surface area contributed by atoms with Crippen molar-refractivity contribution in [3.8, 4) is 6.07 Å². The van der Waals surface area contributed by atoms with E-state index in [1.165, 1.54) is 11.1 Å². The van der Waals surface area contributed by atoms with E-state index in [1.54, 1.807) is 11.8 Å². The standard InChI is InChI=1S/C19H22N4S/c1-3-4-9-22-12-14-10-13-7-5-6-8-15(13)17(14)23-19(22)16(11-20)18(21-23)24-2/h5-8,14,17H,3-4,9-10,12H2,1-2H3. The van der Waals surface area contributed by atoms with E-state index >= 15 is 0 Å². The van der Waals surface area contributed by atoms with Crippen molar-refractivity contribution in [2.24, 2.45) is 5.92 Å². The van der Waals surface area contributed by atoms with E-state index in [0.717, 1.165) is 48.8 Å². The lowest BCUT2D eigenvalue weighted by atomic mass is 9.97. The molecule has 0 saturated heterocycles. The Morgan fingerprint density at radius 2 is 2.21 bits per heavy atom. The molecule has 4 rings (SSSR count). The molecular formula is C19H22N4S. The predicted octanol–water partition coefficient (Wildman–Crippen LogP) is 3.86. The van der Waals surface area contributed by atoms with Gasteiger partial charge in [-0.3, -0.25) is 0 Å². The van der Waals surface area contributed by atoms with Crippen molar-refractivity contribution < 1.29 is 0 Å². The second-order valence-electron chi connectivity index (χ2n) is 6.67. The normalized spacial score (nSPS) is 21.1. The Morgan fingerprint density at radius 1 is 1.38 bits per heavy atom. The number of nitriles is 1. The van der Waals surface area contributed by atoms with Crippen molar-refractivity contribution >= 4 is 17.6 Å². The summed E-state index contributed by atoms with van der Waals surface area (Å²) in [6.45, 7) is 4.24. The van der Waals surface area contributed by atoms with Gasteiger partial charge in [-0.1, -0.05) is 37.6 Å². The fourth-order valence-electron chi connectivity index (χ4n) is 4.21. The molecule has 1 aliphatic carbocycles. The van der Waals surface area contributed by atoms with Gasteiger partial charge >= 0.3 is 0 Å². The maximum absolute atomic E-state index is 9.73. The summed E-state index contributed by atoms with van der Waals surface area (Å²) in [4.78, 5) is 2.40. The van der Waals surface area contributed by atoms with Gasteiger partial charge in [0.15, 0.2) is 0 Å². The Balaban J connectivity index is 1.86. The number of thioether (sulfide) groups is 1. The van der Waals surface area contributed by atoms with Gasteiger partial charge in [0.05, 0.1) is 6.04 Å². The number of nitrogens with zero attached hydrogens (tertiary/aromatic N) is 4. The lowest BCUT2D eigenvalue weighted by molar-refractivity contribution is 0.342. The van der Waals surface area contributed by atoms with Crippen LogP contribution in [0.1, 0.15) is 42.5 Å². The molecule has 124 valence electrons. The predicted molar refractivity (Wildman–Crippen MR) is 97.6 cm³/mol. The molecule has 0 radical (unpaired) electrons. The van der Waals surface area contributed by atoms with Crippen molar-refractivity contribution in [3.05, 3.63) is 41.0 Å². The van der Waals surface area contributed by atoms with E-state index in [2.05, 4.69) is 46.8 Å². The number of hydrogen-bond acceptors (Lipinski definition) is 4. The zero-order valence-electron chi connectivity index (χ0n) is 14.2. The summed E-state index contributed by atoms with van der Waals surface area (Å²) in [6.07, 6.45) is 5.43. The van der Waals surface area contributed by atoms with Gasteiger partial charge in [-0.25, -0.2) is 4.68 Å². The summed E-state index contributed by atoms with van der Waals surface area (Å²) in [6, 6.07) is 11.4. The van der Waals surface area contributed by atoms with Crippen LogP contribution >= 0.6 is 11.8 Å². The largest absolute Gasteiger partial charge is 0.355 e. The average molecular weight is 338 g/mol. The Labute approximate surface area is 147 Å². The van der Waals surface area contributed by atoms with Crippen LogP contribution in [0.2, 0.25) is 0 Å².